The van der Waals surface area contributed by atoms with E-state index in [0.717, 1.165) is 31.7 Å². The lowest BCUT2D eigenvalue weighted by Crippen LogP contribution is -2.61. The zero-order valence-electron chi connectivity index (χ0n) is 17.6. The zero-order chi connectivity index (χ0) is 20.0. The molecule has 0 bridgehead atoms. The second-order valence-corrected chi connectivity index (χ2v) is 9.67. The molecule has 0 spiro atoms. The number of hydrogen-bond donors (Lipinski definition) is 5. The first kappa shape index (κ1) is 19.3. The third-order valence-electron chi connectivity index (χ3n) is 7.47. The van der Waals surface area contributed by atoms with Gasteiger partial charge < -0.3 is 26.6 Å². The Hall–Kier alpha value is -1.63. The van der Waals surface area contributed by atoms with Crippen LogP contribution < -0.4 is 26.6 Å². The topological polar surface area (TPSA) is 77.2 Å². The molecule has 1 aromatic carbocycles. The van der Waals surface area contributed by atoms with Crippen LogP contribution in [0.25, 0.3) is 0 Å². The van der Waals surface area contributed by atoms with Gasteiger partial charge in [0.25, 0.3) is 0 Å². The van der Waals surface area contributed by atoms with Crippen molar-refractivity contribution < 1.29 is 4.79 Å². The van der Waals surface area contributed by atoms with Crippen LogP contribution in [0.5, 0.6) is 0 Å². The van der Waals surface area contributed by atoms with E-state index in [4.69, 9.17) is 0 Å². The van der Waals surface area contributed by atoms with Gasteiger partial charge in [-0.05, 0) is 49.1 Å². The molecule has 5 N–H and O–H groups in total. The maximum absolute atomic E-state index is 13.2. The summed E-state index contributed by atoms with van der Waals surface area (Å²) in [5.41, 5.74) is 3.63. The van der Waals surface area contributed by atoms with Gasteiger partial charge in [0.05, 0.1) is 6.17 Å². The molecule has 3 heterocycles. The van der Waals surface area contributed by atoms with Crippen molar-refractivity contribution in [3.05, 3.63) is 29.3 Å². The third-order valence-corrected chi connectivity index (χ3v) is 7.47. The molecule has 4 aliphatic rings. The molecule has 3 aliphatic heterocycles. The number of anilines is 1. The summed E-state index contributed by atoms with van der Waals surface area (Å²) in [7, 11) is 0. The minimum Gasteiger partial charge on any atom is -0.373 e. The summed E-state index contributed by atoms with van der Waals surface area (Å²) < 4.78 is 0. The highest BCUT2D eigenvalue weighted by Crippen LogP contribution is 2.38. The van der Waals surface area contributed by atoms with Crippen LogP contribution in [0, 0.1) is 24.7 Å². The van der Waals surface area contributed by atoms with Crippen LogP contribution in [0.3, 0.4) is 0 Å². The number of para-hydroxylation sites is 1. The average Bonchev–Trinajstić information content (AvgIpc) is 3.22. The van der Waals surface area contributed by atoms with E-state index in [1.807, 2.05) is 0 Å². The van der Waals surface area contributed by atoms with Crippen LogP contribution in [0.4, 0.5) is 5.69 Å². The lowest BCUT2D eigenvalue weighted by Gasteiger charge is -2.42. The Labute approximate surface area is 174 Å². The molecule has 6 nitrogen and oxygen atoms in total. The number of carbonyl (C=O) groups excluding carboxylic acids is 1. The van der Waals surface area contributed by atoms with Crippen molar-refractivity contribution in [2.45, 2.75) is 63.8 Å². The number of hydrogen-bond acceptors (Lipinski definition) is 5. The molecule has 1 aliphatic carbocycles. The van der Waals surface area contributed by atoms with Crippen LogP contribution in [0.2, 0.25) is 0 Å². The summed E-state index contributed by atoms with van der Waals surface area (Å²) in [6.07, 6.45) is 4.90. The number of rotatable bonds is 5. The quantitative estimate of drug-likeness (QED) is 0.519. The van der Waals surface area contributed by atoms with Gasteiger partial charge in [0.1, 0.15) is 6.04 Å². The van der Waals surface area contributed by atoms with Crippen molar-refractivity contribution in [1.29, 1.82) is 0 Å². The zero-order valence-corrected chi connectivity index (χ0v) is 17.6. The highest BCUT2D eigenvalue weighted by atomic mass is 16.2. The van der Waals surface area contributed by atoms with E-state index in [9.17, 15) is 4.79 Å². The number of piperidine rings is 1. The van der Waals surface area contributed by atoms with E-state index in [0.29, 0.717) is 30.0 Å². The first-order valence-corrected chi connectivity index (χ1v) is 11.5. The fraction of sp³-hybridized carbons (Fsp3) is 0.696. The van der Waals surface area contributed by atoms with Crippen LogP contribution in [0.15, 0.2) is 18.2 Å². The molecule has 0 radical (unpaired) electrons. The smallest absolute Gasteiger partial charge is 0.243 e. The molecule has 5 rings (SSSR count). The molecule has 1 saturated carbocycles. The summed E-state index contributed by atoms with van der Waals surface area (Å²) in [6, 6.07) is 6.80. The Morgan fingerprint density at radius 2 is 1.97 bits per heavy atom. The Kier molecular flexibility index (Phi) is 5.26. The van der Waals surface area contributed by atoms with Crippen molar-refractivity contribution in [2.75, 3.05) is 25.0 Å². The first-order valence-electron chi connectivity index (χ1n) is 11.5. The minimum absolute atomic E-state index is 0.147. The van der Waals surface area contributed by atoms with Gasteiger partial charge in [-0.25, -0.2) is 0 Å². The predicted octanol–water partition coefficient (Wildman–Crippen LogP) is 1.36. The minimum atomic E-state index is -0.147. The lowest BCUT2D eigenvalue weighted by atomic mass is 9.80. The molecule has 3 fully saturated rings. The average molecular weight is 398 g/mol. The number of benzene rings is 1. The Morgan fingerprint density at radius 3 is 2.66 bits per heavy atom. The molecule has 158 valence electrons. The van der Waals surface area contributed by atoms with Crippen molar-refractivity contribution in [3.63, 3.8) is 0 Å². The van der Waals surface area contributed by atoms with Crippen molar-refractivity contribution in [1.82, 2.24) is 21.3 Å². The molecule has 6 heteroatoms. The molecule has 5 unspecified atom stereocenters. The molecule has 5 atom stereocenters. The predicted molar refractivity (Wildman–Crippen MR) is 116 cm³/mol. The Balaban J connectivity index is 1.22. The number of fused-ring (bicyclic) bond motifs is 1. The molecular formula is C23H35N5O. The van der Waals surface area contributed by atoms with Crippen molar-refractivity contribution in [2.24, 2.45) is 17.8 Å². The lowest BCUT2D eigenvalue weighted by molar-refractivity contribution is -0.123. The molecular weight excluding hydrogens is 362 g/mol. The second kappa shape index (κ2) is 7.89. The number of carbonyl (C=O) groups is 1. The van der Waals surface area contributed by atoms with Crippen molar-refractivity contribution >= 4 is 11.6 Å². The summed E-state index contributed by atoms with van der Waals surface area (Å²) in [5.74, 6) is 1.96. The van der Waals surface area contributed by atoms with E-state index in [1.165, 1.54) is 30.4 Å². The van der Waals surface area contributed by atoms with Crippen LogP contribution in [0.1, 0.15) is 37.3 Å². The standard InChI is InChI=1S/C23H35N5O/c1-13-4-3-5-16-11-18(27-19(13)16)23(29)28-21(15-6-7-15)20-14(2)10-17(12-26-20)22-24-8-9-25-22/h3-5,14-15,17-18,20-22,24-27H,6-12H2,1-2H3,(H,28,29). The fourth-order valence-electron chi connectivity index (χ4n) is 5.72. The maximum Gasteiger partial charge on any atom is 0.243 e. The Bertz CT molecular complexity index is 758. The van der Waals surface area contributed by atoms with E-state index < -0.39 is 0 Å². The molecule has 29 heavy (non-hydrogen) atoms. The SMILES string of the molecule is Cc1cccc2c1NC(C(=O)NC(C1CC1)C1NCC(C3NCCN3)CC1C)C2. The Morgan fingerprint density at radius 1 is 1.17 bits per heavy atom. The van der Waals surface area contributed by atoms with Gasteiger partial charge in [-0.15, -0.1) is 0 Å². The van der Waals surface area contributed by atoms with Gasteiger partial charge in [-0.1, -0.05) is 25.1 Å². The number of amides is 1. The largest absolute Gasteiger partial charge is 0.373 e. The summed E-state index contributed by atoms with van der Waals surface area (Å²) in [6.45, 7) is 7.61. The van der Waals surface area contributed by atoms with Gasteiger partial charge in [-0.2, -0.15) is 0 Å². The fourth-order valence-corrected chi connectivity index (χ4v) is 5.72. The van der Waals surface area contributed by atoms with Crippen LogP contribution >= 0.6 is 0 Å². The third kappa shape index (κ3) is 3.90. The van der Waals surface area contributed by atoms with Crippen LogP contribution in [-0.2, 0) is 11.2 Å². The van der Waals surface area contributed by atoms with Crippen molar-refractivity contribution in [3.8, 4) is 0 Å². The monoisotopic (exact) mass is 397 g/mol. The van der Waals surface area contributed by atoms with E-state index in [-0.39, 0.29) is 18.0 Å². The van der Waals surface area contributed by atoms with Gasteiger partial charge in [0, 0.05) is 49.7 Å². The molecule has 1 amide bonds. The van der Waals surface area contributed by atoms with E-state index in [2.05, 4.69) is 58.6 Å². The van der Waals surface area contributed by atoms with Gasteiger partial charge in [-0.3, -0.25) is 4.79 Å². The summed E-state index contributed by atoms with van der Waals surface area (Å²) in [5, 5.41) is 17.9. The molecule has 0 aromatic heterocycles. The number of nitrogens with one attached hydrogen (secondary N) is 5. The molecule has 2 saturated heterocycles. The highest BCUT2D eigenvalue weighted by molar-refractivity contribution is 5.88. The highest BCUT2D eigenvalue weighted by Gasteiger charge is 2.44. The maximum atomic E-state index is 13.2. The van der Waals surface area contributed by atoms with E-state index >= 15 is 0 Å². The van der Waals surface area contributed by atoms with Gasteiger partial charge >= 0.3 is 0 Å². The van der Waals surface area contributed by atoms with Gasteiger partial charge in [0.2, 0.25) is 5.91 Å². The molecule has 1 aromatic rings. The number of aryl methyl sites for hydroxylation is 1. The van der Waals surface area contributed by atoms with Crippen LogP contribution in [-0.4, -0.2) is 49.8 Å². The first-order chi connectivity index (χ1) is 14.1. The second-order valence-electron chi connectivity index (χ2n) is 9.67. The van der Waals surface area contributed by atoms with E-state index in [1.54, 1.807) is 0 Å². The summed E-state index contributed by atoms with van der Waals surface area (Å²) >= 11 is 0. The normalized spacial score (nSPS) is 33.2. The summed E-state index contributed by atoms with van der Waals surface area (Å²) in [4.78, 5) is 13.2. The van der Waals surface area contributed by atoms with Gasteiger partial charge in [0.15, 0.2) is 0 Å².